The molecule has 128 valence electrons. The van der Waals surface area contributed by atoms with Gasteiger partial charge in [-0.1, -0.05) is 13.3 Å². The molecule has 21 heavy (non-hydrogen) atoms. The van der Waals surface area contributed by atoms with E-state index in [0.29, 0.717) is 46.2 Å². The zero-order chi connectivity index (χ0) is 15.4. The molecule has 0 aliphatic heterocycles. The van der Waals surface area contributed by atoms with Gasteiger partial charge in [-0.25, -0.2) is 0 Å². The molecule has 0 bridgehead atoms. The number of unbranched alkanes of at least 4 members (excludes halogenated alkanes) is 1. The van der Waals surface area contributed by atoms with Crippen LogP contribution in [0.25, 0.3) is 0 Å². The van der Waals surface area contributed by atoms with Crippen LogP contribution in [0.5, 0.6) is 0 Å². The first kappa shape index (κ1) is 20.8. The molecule has 0 amide bonds. The maximum absolute atomic E-state index is 5.44. The number of rotatable bonds is 18. The van der Waals surface area contributed by atoms with Crippen molar-refractivity contribution in [3.63, 3.8) is 0 Å². The van der Waals surface area contributed by atoms with E-state index in [-0.39, 0.29) is 0 Å². The van der Waals surface area contributed by atoms with Gasteiger partial charge >= 0.3 is 0 Å². The van der Waals surface area contributed by atoms with Crippen LogP contribution < -0.4 is 5.32 Å². The molecule has 0 aromatic carbocycles. The van der Waals surface area contributed by atoms with Crippen molar-refractivity contribution < 1.29 is 23.7 Å². The van der Waals surface area contributed by atoms with Crippen molar-refractivity contribution in [2.45, 2.75) is 19.8 Å². The summed E-state index contributed by atoms with van der Waals surface area (Å²) in [6.07, 6.45) is 2.32. The minimum atomic E-state index is 0.598. The number of nitrogens with one attached hydrogen (secondary N) is 1. The lowest BCUT2D eigenvalue weighted by Gasteiger charge is -2.08. The van der Waals surface area contributed by atoms with Crippen LogP contribution in [0.4, 0.5) is 0 Å². The van der Waals surface area contributed by atoms with Gasteiger partial charge < -0.3 is 29.0 Å². The van der Waals surface area contributed by atoms with Crippen molar-refractivity contribution in [3.8, 4) is 0 Å². The molecular weight excluding hydrogens is 274 g/mol. The summed E-state index contributed by atoms with van der Waals surface area (Å²) in [4.78, 5) is 0. The number of hydrogen-bond donors (Lipinski definition) is 1. The van der Waals surface area contributed by atoms with Crippen molar-refractivity contribution in [2.24, 2.45) is 0 Å². The Labute approximate surface area is 129 Å². The molecule has 0 heterocycles. The Hall–Kier alpha value is -0.240. The molecule has 0 aliphatic rings. The Morgan fingerprint density at radius 1 is 0.619 bits per heavy atom. The molecule has 6 heteroatoms. The quantitative estimate of drug-likeness (QED) is 0.383. The Morgan fingerprint density at radius 3 is 1.62 bits per heavy atom. The third kappa shape index (κ3) is 19.8. The summed E-state index contributed by atoms with van der Waals surface area (Å²) in [5.41, 5.74) is 0. The Balaban J connectivity index is 2.90. The number of ether oxygens (including phenoxy) is 5. The largest absolute Gasteiger partial charge is 0.382 e. The first-order valence-corrected chi connectivity index (χ1v) is 7.92. The highest BCUT2D eigenvalue weighted by Crippen LogP contribution is 1.86. The monoisotopic (exact) mass is 307 g/mol. The van der Waals surface area contributed by atoms with Gasteiger partial charge in [0.25, 0.3) is 0 Å². The molecule has 0 aromatic rings. The highest BCUT2D eigenvalue weighted by atomic mass is 16.6. The van der Waals surface area contributed by atoms with Gasteiger partial charge in [-0.3, -0.25) is 0 Å². The number of hydrogen-bond acceptors (Lipinski definition) is 6. The molecule has 1 N–H and O–H groups in total. The molecule has 0 aliphatic carbocycles. The normalized spacial score (nSPS) is 11.1. The van der Waals surface area contributed by atoms with Crippen LogP contribution in [-0.4, -0.2) is 79.7 Å². The standard InChI is InChI=1S/C15H33NO5/c1-3-4-7-18-8-5-16-6-9-19-12-13-21-15-14-20-11-10-17-2/h16H,3-15H2,1-2H3. The van der Waals surface area contributed by atoms with Crippen molar-refractivity contribution in [2.75, 3.05) is 79.7 Å². The van der Waals surface area contributed by atoms with Gasteiger partial charge in [0, 0.05) is 26.8 Å². The van der Waals surface area contributed by atoms with Gasteiger partial charge in [-0.2, -0.15) is 0 Å². The first-order chi connectivity index (χ1) is 10.4. The Kier molecular flexibility index (Phi) is 19.5. The van der Waals surface area contributed by atoms with Crippen LogP contribution in [0, 0.1) is 0 Å². The summed E-state index contributed by atoms with van der Waals surface area (Å²) in [6, 6.07) is 0. The van der Waals surface area contributed by atoms with E-state index in [1.807, 2.05) is 0 Å². The Bertz CT molecular complexity index is 165. The molecular formula is C15H33NO5. The van der Waals surface area contributed by atoms with Crippen molar-refractivity contribution in [1.82, 2.24) is 5.32 Å². The minimum Gasteiger partial charge on any atom is -0.382 e. The highest BCUT2D eigenvalue weighted by Gasteiger charge is 1.92. The second kappa shape index (κ2) is 19.8. The zero-order valence-electron chi connectivity index (χ0n) is 13.7. The summed E-state index contributed by atoms with van der Waals surface area (Å²) >= 11 is 0. The SMILES string of the molecule is CCCCOCCNCCOCCOCCOCCOC. The summed E-state index contributed by atoms with van der Waals surface area (Å²) in [7, 11) is 1.66. The molecule has 0 spiro atoms. The lowest BCUT2D eigenvalue weighted by Crippen LogP contribution is -2.24. The molecule has 0 rings (SSSR count). The van der Waals surface area contributed by atoms with E-state index in [9.17, 15) is 0 Å². The van der Waals surface area contributed by atoms with Crippen molar-refractivity contribution in [3.05, 3.63) is 0 Å². The molecule has 0 aromatic heterocycles. The van der Waals surface area contributed by atoms with Crippen LogP contribution in [0.3, 0.4) is 0 Å². The minimum absolute atomic E-state index is 0.598. The third-order valence-corrected chi connectivity index (χ3v) is 2.66. The van der Waals surface area contributed by atoms with Gasteiger partial charge in [0.05, 0.1) is 52.9 Å². The third-order valence-electron chi connectivity index (χ3n) is 2.66. The van der Waals surface area contributed by atoms with E-state index in [1.165, 1.54) is 6.42 Å². The van der Waals surface area contributed by atoms with Crippen molar-refractivity contribution >= 4 is 0 Å². The summed E-state index contributed by atoms with van der Waals surface area (Å²) in [5.74, 6) is 0. The average Bonchev–Trinajstić information content (AvgIpc) is 2.50. The van der Waals surface area contributed by atoms with Crippen molar-refractivity contribution in [1.29, 1.82) is 0 Å². The van der Waals surface area contributed by atoms with Gasteiger partial charge in [0.15, 0.2) is 0 Å². The van der Waals surface area contributed by atoms with E-state index in [0.717, 1.165) is 32.7 Å². The molecule has 0 atom stereocenters. The molecule has 0 radical (unpaired) electrons. The average molecular weight is 307 g/mol. The van der Waals surface area contributed by atoms with E-state index in [4.69, 9.17) is 23.7 Å². The topological polar surface area (TPSA) is 58.2 Å². The van der Waals surface area contributed by atoms with E-state index in [2.05, 4.69) is 12.2 Å². The number of methoxy groups -OCH3 is 1. The van der Waals surface area contributed by atoms with E-state index < -0.39 is 0 Å². The smallest absolute Gasteiger partial charge is 0.0701 e. The summed E-state index contributed by atoms with van der Waals surface area (Å²) in [6.45, 7) is 9.88. The molecule has 0 unspecified atom stereocenters. The van der Waals surface area contributed by atoms with Gasteiger partial charge in [-0.05, 0) is 6.42 Å². The highest BCUT2D eigenvalue weighted by molar-refractivity contribution is 4.45. The Morgan fingerprint density at radius 2 is 1.10 bits per heavy atom. The molecule has 6 nitrogen and oxygen atoms in total. The van der Waals surface area contributed by atoms with Crippen LogP contribution in [0.15, 0.2) is 0 Å². The molecule has 0 saturated heterocycles. The fraction of sp³-hybridized carbons (Fsp3) is 1.00. The zero-order valence-corrected chi connectivity index (χ0v) is 13.7. The van der Waals surface area contributed by atoms with Gasteiger partial charge in [0.1, 0.15) is 0 Å². The van der Waals surface area contributed by atoms with E-state index >= 15 is 0 Å². The van der Waals surface area contributed by atoms with Gasteiger partial charge in [-0.15, -0.1) is 0 Å². The second-order valence-electron chi connectivity index (χ2n) is 4.55. The predicted octanol–water partition coefficient (Wildman–Crippen LogP) is 1.09. The summed E-state index contributed by atoms with van der Waals surface area (Å²) < 4.78 is 26.4. The first-order valence-electron chi connectivity index (χ1n) is 7.92. The molecule has 0 saturated carbocycles. The van der Waals surface area contributed by atoms with Crippen LogP contribution in [0.2, 0.25) is 0 Å². The fourth-order valence-electron chi connectivity index (χ4n) is 1.45. The van der Waals surface area contributed by atoms with Crippen LogP contribution in [-0.2, 0) is 23.7 Å². The maximum atomic E-state index is 5.44. The van der Waals surface area contributed by atoms with Crippen LogP contribution in [0.1, 0.15) is 19.8 Å². The summed E-state index contributed by atoms with van der Waals surface area (Å²) in [5, 5.41) is 3.27. The second-order valence-corrected chi connectivity index (χ2v) is 4.55. The lowest BCUT2D eigenvalue weighted by molar-refractivity contribution is 0.00398. The fourth-order valence-corrected chi connectivity index (χ4v) is 1.45. The lowest BCUT2D eigenvalue weighted by atomic mass is 10.4. The van der Waals surface area contributed by atoms with Gasteiger partial charge in [0.2, 0.25) is 0 Å². The predicted molar refractivity (Wildman–Crippen MR) is 82.9 cm³/mol. The maximum Gasteiger partial charge on any atom is 0.0701 e. The van der Waals surface area contributed by atoms with Crippen LogP contribution >= 0.6 is 0 Å². The van der Waals surface area contributed by atoms with E-state index in [1.54, 1.807) is 7.11 Å². The molecule has 0 fully saturated rings.